The van der Waals surface area contributed by atoms with Crippen molar-refractivity contribution in [2.75, 3.05) is 38.3 Å². The second kappa shape index (κ2) is 9.52. The lowest BCUT2D eigenvalue weighted by atomic mass is 10.2. The van der Waals surface area contributed by atoms with E-state index in [0.717, 1.165) is 30.3 Å². The van der Waals surface area contributed by atoms with Crippen LogP contribution < -0.4 is 19.7 Å². The monoisotopic (exact) mass is 343 g/mol. The van der Waals surface area contributed by atoms with Gasteiger partial charge in [-0.2, -0.15) is 0 Å². The molecule has 0 unspecified atom stereocenters. The van der Waals surface area contributed by atoms with Crippen LogP contribution in [0.15, 0.2) is 42.7 Å². The van der Waals surface area contributed by atoms with Crippen LogP contribution in [0.25, 0.3) is 0 Å². The molecule has 1 aromatic heterocycles. The van der Waals surface area contributed by atoms with E-state index in [1.165, 1.54) is 0 Å². The first-order valence-electron chi connectivity index (χ1n) is 8.43. The number of ether oxygens (including phenoxy) is 2. The maximum Gasteiger partial charge on any atom is 0.253 e. The van der Waals surface area contributed by atoms with Crippen molar-refractivity contribution in [3.8, 4) is 11.5 Å². The minimum absolute atomic E-state index is 0.153. The van der Waals surface area contributed by atoms with Gasteiger partial charge in [-0.15, -0.1) is 0 Å². The zero-order valence-corrected chi connectivity index (χ0v) is 15.0. The van der Waals surface area contributed by atoms with E-state index in [2.05, 4.69) is 29.0 Å². The number of aromatic nitrogens is 1. The Balaban J connectivity index is 1.82. The van der Waals surface area contributed by atoms with Gasteiger partial charge in [-0.3, -0.25) is 9.78 Å². The van der Waals surface area contributed by atoms with Crippen molar-refractivity contribution in [3.63, 3.8) is 0 Å². The predicted molar refractivity (Wildman–Crippen MR) is 98.6 cm³/mol. The molecular formula is C19H25N3O3. The fraction of sp³-hybridized carbons (Fsp3) is 0.368. The highest BCUT2D eigenvalue weighted by Crippen LogP contribution is 2.17. The molecule has 0 saturated heterocycles. The smallest absolute Gasteiger partial charge is 0.253 e. The van der Waals surface area contributed by atoms with Gasteiger partial charge in [0.1, 0.15) is 18.1 Å². The number of methoxy groups -OCH3 is 1. The first-order chi connectivity index (χ1) is 12.2. The molecule has 0 atom stereocenters. The van der Waals surface area contributed by atoms with Gasteiger partial charge in [0.2, 0.25) is 0 Å². The second-order valence-electron chi connectivity index (χ2n) is 5.38. The summed E-state index contributed by atoms with van der Waals surface area (Å²) in [5, 5.41) is 2.85. The van der Waals surface area contributed by atoms with Gasteiger partial charge >= 0.3 is 0 Å². The van der Waals surface area contributed by atoms with Crippen LogP contribution in [0.3, 0.4) is 0 Å². The van der Waals surface area contributed by atoms with Crippen molar-refractivity contribution in [2.24, 2.45) is 0 Å². The predicted octanol–water partition coefficient (Wildman–Crippen LogP) is 2.75. The van der Waals surface area contributed by atoms with Crippen molar-refractivity contribution in [1.82, 2.24) is 10.3 Å². The van der Waals surface area contributed by atoms with E-state index in [9.17, 15) is 4.79 Å². The summed E-state index contributed by atoms with van der Waals surface area (Å²) in [6, 6.07) is 9.19. The normalized spacial score (nSPS) is 10.2. The first kappa shape index (κ1) is 18.6. The molecule has 0 aliphatic carbocycles. The van der Waals surface area contributed by atoms with Gasteiger partial charge in [0.05, 0.1) is 31.1 Å². The number of amides is 1. The number of anilines is 1. The average Bonchev–Trinajstić information content (AvgIpc) is 2.67. The molecule has 0 fully saturated rings. The van der Waals surface area contributed by atoms with Crippen LogP contribution in [-0.2, 0) is 0 Å². The van der Waals surface area contributed by atoms with Gasteiger partial charge in [0.15, 0.2) is 0 Å². The molecule has 2 rings (SSSR count). The third-order valence-corrected chi connectivity index (χ3v) is 3.83. The Morgan fingerprint density at radius 2 is 1.80 bits per heavy atom. The Bertz CT molecular complexity index is 670. The van der Waals surface area contributed by atoms with E-state index in [-0.39, 0.29) is 5.91 Å². The third kappa shape index (κ3) is 5.38. The number of carbonyl (C=O) groups is 1. The highest BCUT2D eigenvalue weighted by molar-refractivity contribution is 5.94. The fourth-order valence-electron chi connectivity index (χ4n) is 2.42. The third-order valence-electron chi connectivity index (χ3n) is 3.83. The topological polar surface area (TPSA) is 63.7 Å². The van der Waals surface area contributed by atoms with Crippen LogP contribution in [0.2, 0.25) is 0 Å². The number of rotatable bonds is 9. The minimum Gasteiger partial charge on any atom is -0.497 e. The lowest BCUT2D eigenvalue weighted by Gasteiger charge is -2.20. The van der Waals surface area contributed by atoms with Crippen molar-refractivity contribution in [2.45, 2.75) is 13.8 Å². The summed E-state index contributed by atoms with van der Waals surface area (Å²) in [4.78, 5) is 18.6. The molecule has 0 aliphatic heterocycles. The minimum atomic E-state index is -0.153. The number of hydrogen-bond acceptors (Lipinski definition) is 5. The molecule has 0 aliphatic rings. The maximum absolute atomic E-state index is 12.2. The largest absolute Gasteiger partial charge is 0.497 e. The quantitative estimate of drug-likeness (QED) is 0.709. The van der Waals surface area contributed by atoms with Crippen LogP contribution in [-0.4, -0.2) is 44.2 Å². The summed E-state index contributed by atoms with van der Waals surface area (Å²) < 4.78 is 10.7. The van der Waals surface area contributed by atoms with Gasteiger partial charge < -0.3 is 19.7 Å². The van der Waals surface area contributed by atoms with Crippen LogP contribution in [0.1, 0.15) is 24.2 Å². The van der Waals surface area contributed by atoms with E-state index in [1.807, 2.05) is 30.3 Å². The number of nitrogens with one attached hydrogen (secondary N) is 1. The molecule has 0 saturated carbocycles. The molecule has 0 radical (unpaired) electrons. The van der Waals surface area contributed by atoms with E-state index >= 15 is 0 Å². The molecule has 1 heterocycles. The number of hydrogen-bond donors (Lipinski definition) is 1. The highest BCUT2D eigenvalue weighted by atomic mass is 16.5. The Kier molecular flexibility index (Phi) is 7.07. The van der Waals surface area contributed by atoms with Crippen LogP contribution in [0.5, 0.6) is 11.5 Å². The molecule has 6 nitrogen and oxygen atoms in total. The van der Waals surface area contributed by atoms with Crippen LogP contribution >= 0.6 is 0 Å². The molecule has 1 N–H and O–H groups in total. The lowest BCUT2D eigenvalue weighted by molar-refractivity contribution is 0.0946. The summed E-state index contributed by atoms with van der Waals surface area (Å²) in [6.07, 6.45) is 3.35. The lowest BCUT2D eigenvalue weighted by Crippen LogP contribution is -2.29. The van der Waals surface area contributed by atoms with Gasteiger partial charge in [0, 0.05) is 19.3 Å². The molecule has 6 heteroatoms. The molecule has 1 amide bonds. The van der Waals surface area contributed by atoms with Gasteiger partial charge in [-0.25, -0.2) is 0 Å². The standard InChI is InChI=1S/C19H25N3O3/c1-4-22(5-2)16-12-15(13-20-14-16)19(23)21-10-11-25-18-8-6-17(24-3)7-9-18/h6-9,12-14H,4-5,10-11H2,1-3H3,(H,21,23). The zero-order chi connectivity index (χ0) is 18.1. The second-order valence-corrected chi connectivity index (χ2v) is 5.38. The Hall–Kier alpha value is -2.76. The Morgan fingerprint density at radius 3 is 2.44 bits per heavy atom. The maximum atomic E-state index is 12.2. The van der Waals surface area contributed by atoms with E-state index < -0.39 is 0 Å². The molecule has 0 spiro atoms. The van der Waals surface area contributed by atoms with Gasteiger partial charge in [-0.05, 0) is 44.2 Å². The van der Waals surface area contributed by atoms with Crippen molar-refractivity contribution in [3.05, 3.63) is 48.3 Å². The van der Waals surface area contributed by atoms with E-state index in [0.29, 0.717) is 18.7 Å². The number of carbonyl (C=O) groups excluding carboxylic acids is 1. The molecule has 0 bridgehead atoms. The summed E-state index contributed by atoms with van der Waals surface area (Å²) >= 11 is 0. The van der Waals surface area contributed by atoms with Crippen molar-refractivity contribution < 1.29 is 14.3 Å². The van der Waals surface area contributed by atoms with E-state index in [1.54, 1.807) is 19.5 Å². The van der Waals surface area contributed by atoms with Crippen molar-refractivity contribution in [1.29, 1.82) is 0 Å². The number of nitrogens with zero attached hydrogens (tertiary/aromatic N) is 2. The number of benzene rings is 1. The van der Waals surface area contributed by atoms with Gasteiger partial charge in [0.25, 0.3) is 5.91 Å². The Labute approximate surface area is 148 Å². The first-order valence-corrected chi connectivity index (χ1v) is 8.43. The highest BCUT2D eigenvalue weighted by Gasteiger charge is 2.09. The molecule has 25 heavy (non-hydrogen) atoms. The Morgan fingerprint density at radius 1 is 1.12 bits per heavy atom. The molecular weight excluding hydrogens is 318 g/mol. The zero-order valence-electron chi connectivity index (χ0n) is 15.0. The summed E-state index contributed by atoms with van der Waals surface area (Å²) in [6.45, 7) is 6.71. The summed E-state index contributed by atoms with van der Waals surface area (Å²) in [5.41, 5.74) is 1.50. The van der Waals surface area contributed by atoms with Crippen LogP contribution in [0, 0.1) is 0 Å². The average molecular weight is 343 g/mol. The molecule has 1 aromatic carbocycles. The van der Waals surface area contributed by atoms with Gasteiger partial charge in [-0.1, -0.05) is 0 Å². The fourth-order valence-corrected chi connectivity index (χ4v) is 2.42. The van der Waals surface area contributed by atoms with Crippen molar-refractivity contribution >= 4 is 11.6 Å². The summed E-state index contributed by atoms with van der Waals surface area (Å²) in [5.74, 6) is 1.36. The number of pyridine rings is 1. The van der Waals surface area contributed by atoms with E-state index in [4.69, 9.17) is 9.47 Å². The van der Waals surface area contributed by atoms with Crippen LogP contribution in [0.4, 0.5) is 5.69 Å². The SMILES string of the molecule is CCN(CC)c1cncc(C(=O)NCCOc2ccc(OC)cc2)c1. The molecule has 2 aromatic rings. The molecule has 134 valence electrons. The summed E-state index contributed by atoms with van der Waals surface area (Å²) in [7, 11) is 1.62.